The Morgan fingerprint density at radius 3 is 2.45 bits per heavy atom. The molecule has 2 aromatic carbocycles. The number of hydrogen-bond acceptors (Lipinski definition) is 3. The monoisotopic (exact) mass is 385 g/mol. The fourth-order valence-corrected chi connectivity index (χ4v) is 5.03. The van der Waals surface area contributed by atoms with E-state index >= 15 is 0 Å². The van der Waals surface area contributed by atoms with E-state index in [0.717, 1.165) is 15.9 Å². The number of para-hydroxylation sites is 1. The first-order valence-corrected chi connectivity index (χ1v) is 9.70. The zero-order chi connectivity index (χ0) is 14.9. The number of aromatic nitrogens is 1. The average molecular weight is 386 g/mol. The smallest absolute Gasteiger partial charge is 0.134 e. The minimum absolute atomic E-state index is 0.873. The second kappa shape index (κ2) is 5.95. The zero-order valence-corrected chi connectivity index (χ0v) is 14.8. The second-order valence-corrected chi connectivity index (χ2v) is 7.62. The third kappa shape index (κ3) is 2.51. The van der Waals surface area contributed by atoms with Gasteiger partial charge in [-0.1, -0.05) is 52.3 Å². The van der Waals surface area contributed by atoms with E-state index in [1.807, 2.05) is 17.4 Å². The molecular formula is C18H12BrNS2. The molecule has 2 heterocycles. The summed E-state index contributed by atoms with van der Waals surface area (Å²) < 4.78 is 1.24. The van der Waals surface area contributed by atoms with E-state index in [1.165, 1.54) is 25.6 Å². The molecule has 1 nitrogen and oxygen atoms in total. The van der Waals surface area contributed by atoms with Crippen molar-refractivity contribution in [2.24, 2.45) is 0 Å². The summed E-state index contributed by atoms with van der Waals surface area (Å²) in [5, 5.41) is 1.98. The number of alkyl halides is 1. The van der Waals surface area contributed by atoms with Crippen molar-refractivity contribution in [3.63, 3.8) is 0 Å². The Balaban J connectivity index is 1.77. The van der Waals surface area contributed by atoms with Crippen LogP contribution in [0.15, 0.2) is 60.7 Å². The van der Waals surface area contributed by atoms with Gasteiger partial charge in [0.2, 0.25) is 0 Å². The quantitative estimate of drug-likeness (QED) is 0.362. The highest BCUT2D eigenvalue weighted by Crippen LogP contribution is 2.39. The normalized spacial score (nSPS) is 11.1. The lowest BCUT2D eigenvalue weighted by Gasteiger charge is -2.03. The predicted molar refractivity (Wildman–Crippen MR) is 101 cm³/mol. The Morgan fingerprint density at radius 1 is 0.818 bits per heavy atom. The van der Waals surface area contributed by atoms with Crippen LogP contribution in [0, 0.1) is 0 Å². The lowest BCUT2D eigenvalue weighted by molar-refractivity contribution is 1.44. The number of benzene rings is 2. The van der Waals surface area contributed by atoms with Crippen LogP contribution >= 0.6 is 38.6 Å². The molecule has 0 fully saturated rings. The van der Waals surface area contributed by atoms with Gasteiger partial charge in [-0.2, -0.15) is 0 Å². The molecule has 0 atom stereocenters. The lowest BCUT2D eigenvalue weighted by atomic mass is 10.1. The molecule has 0 bridgehead atoms. The van der Waals surface area contributed by atoms with Crippen molar-refractivity contribution in [1.29, 1.82) is 0 Å². The third-order valence-electron chi connectivity index (χ3n) is 3.54. The van der Waals surface area contributed by atoms with Gasteiger partial charge >= 0.3 is 0 Å². The van der Waals surface area contributed by atoms with Crippen LogP contribution in [0.25, 0.3) is 30.5 Å². The molecule has 0 aliphatic carbocycles. The van der Waals surface area contributed by atoms with Gasteiger partial charge < -0.3 is 0 Å². The highest BCUT2D eigenvalue weighted by Gasteiger charge is 2.11. The van der Waals surface area contributed by atoms with Crippen molar-refractivity contribution in [3.8, 4) is 20.3 Å². The average Bonchev–Trinajstić information content (AvgIpc) is 3.21. The molecule has 0 spiro atoms. The van der Waals surface area contributed by atoms with Gasteiger partial charge in [-0.3, -0.25) is 0 Å². The summed E-state index contributed by atoms with van der Waals surface area (Å²) in [5.41, 5.74) is 3.70. The second-order valence-electron chi connectivity index (χ2n) is 4.94. The Labute approximate surface area is 145 Å². The summed E-state index contributed by atoms with van der Waals surface area (Å²) in [6.07, 6.45) is 0. The van der Waals surface area contributed by atoms with Gasteiger partial charge in [0.05, 0.1) is 15.1 Å². The summed E-state index contributed by atoms with van der Waals surface area (Å²) >= 11 is 7.14. The van der Waals surface area contributed by atoms with Crippen LogP contribution in [0.4, 0.5) is 0 Å². The topological polar surface area (TPSA) is 12.9 Å². The molecule has 4 heteroatoms. The van der Waals surface area contributed by atoms with E-state index in [1.54, 1.807) is 11.3 Å². The maximum Gasteiger partial charge on any atom is 0.134 e. The van der Waals surface area contributed by atoms with Crippen LogP contribution in [0.3, 0.4) is 0 Å². The molecule has 0 aliphatic rings. The summed E-state index contributed by atoms with van der Waals surface area (Å²) in [6, 6.07) is 21.2. The van der Waals surface area contributed by atoms with Gasteiger partial charge in [-0.15, -0.1) is 22.7 Å². The van der Waals surface area contributed by atoms with Gasteiger partial charge in [0.15, 0.2) is 0 Å². The molecule has 0 radical (unpaired) electrons. The van der Waals surface area contributed by atoms with Crippen molar-refractivity contribution in [2.45, 2.75) is 5.33 Å². The first-order valence-electron chi connectivity index (χ1n) is 6.95. The van der Waals surface area contributed by atoms with Crippen molar-refractivity contribution in [3.05, 3.63) is 66.2 Å². The van der Waals surface area contributed by atoms with Crippen LogP contribution in [0.1, 0.15) is 5.56 Å². The summed E-state index contributed by atoms with van der Waals surface area (Å²) in [5.74, 6) is 0. The van der Waals surface area contributed by atoms with E-state index < -0.39 is 0 Å². The summed E-state index contributed by atoms with van der Waals surface area (Å²) in [7, 11) is 0. The number of rotatable bonds is 3. The van der Waals surface area contributed by atoms with Crippen LogP contribution in [0.2, 0.25) is 0 Å². The summed E-state index contributed by atoms with van der Waals surface area (Å²) in [4.78, 5) is 7.28. The van der Waals surface area contributed by atoms with Gasteiger partial charge in [-0.05, 0) is 35.4 Å². The van der Waals surface area contributed by atoms with E-state index in [2.05, 4.69) is 70.5 Å². The molecule has 4 rings (SSSR count). The fraction of sp³-hybridized carbons (Fsp3) is 0.0556. The molecule has 22 heavy (non-hydrogen) atoms. The molecule has 0 aliphatic heterocycles. The SMILES string of the molecule is BrCc1ccccc1-c1ccc(-c2nc3ccccc3s2)s1. The first kappa shape index (κ1) is 14.1. The molecular weight excluding hydrogens is 374 g/mol. The number of thiophene rings is 1. The lowest BCUT2D eigenvalue weighted by Crippen LogP contribution is -1.81. The fourth-order valence-electron chi connectivity index (χ4n) is 2.45. The number of thiazole rings is 1. The largest absolute Gasteiger partial charge is 0.235 e. The first-order chi connectivity index (χ1) is 10.8. The third-order valence-corrected chi connectivity index (χ3v) is 6.47. The molecule has 0 unspecified atom stereocenters. The van der Waals surface area contributed by atoms with Gasteiger partial charge in [0.25, 0.3) is 0 Å². The minimum atomic E-state index is 0.873. The van der Waals surface area contributed by atoms with Crippen molar-refractivity contribution in [1.82, 2.24) is 4.98 Å². The molecule has 108 valence electrons. The van der Waals surface area contributed by atoms with Crippen LogP contribution in [-0.4, -0.2) is 4.98 Å². The summed E-state index contributed by atoms with van der Waals surface area (Å²) in [6.45, 7) is 0. The standard InChI is InChI=1S/C18H12BrNS2/c19-11-12-5-1-2-6-13(12)15-9-10-17(21-15)18-20-14-7-3-4-8-16(14)22-18/h1-10H,11H2. The van der Waals surface area contributed by atoms with Crippen LogP contribution in [-0.2, 0) is 5.33 Å². The zero-order valence-electron chi connectivity index (χ0n) is 11.6. The Kier molecular flexibility index (Phi) is 3.82. The van der Waals surface area contributed by atoms with Gasteiger partial charge in [-0.25, -0.2) is 4.98 Å². The Hall–Kier alpha value is -1.49. The Morgan fingerprint density at radius 2 is 1.59 bits per heavy atom. The van der Waals surface area contributed by atoms with Crippen molar-refractivity contribution < 1.29 is 0 Å². The highest BCUT2D eigenvalue weighted by atomic mass is 79.9. The number of hydrogen-bond donors (Lipinski definition) is 0. The minimum Gasteiger partial charge on any atom is -0.235 e. The number of fused-ring (bicyclic) bond motifs is 1. The molecule has 0 saturated heterocycles. The molecule has 0 N–H and O–H groups in total. The van der Waals surface area contributed by atoms with Gasteiger partial charge in [0, 0.05) is 10.2 Å². The van der Waals surface area contributed by atoms with Crippen LogP contribution < -0.4 is 0 Å². The Bertz CT molecular complexity index is 906. The molecule has 0 saturated carbocycles. The number of halogens is 1. The van der Waals surface area contributed by atoms with Crippen molar-refractivity contribution in [2.75, 3.05) is 0 Å². The van der Waals surface area contributed by atoms with Gasteiger partial charge in [0.1, 0.15) is 5.01 Å². The van der Waals surface area contributed by atoms with Crippen molar-refractivity contribution >= 4 is 48.8 Å². The van der Waals surface area contributed by atoms with E-state index in [-0.39, 0.29) is 0 Å². The molecule has 2 aromatic heterocycles. The maximum atomic E-state index is 4.75. The van der Waals surface area contributed by atoms with E-state index in [4.69, 9.17) is 4.98 Å². The predicted octanol–water partition coefficient (Wildman–Crippen LogP) is 6.59. The highest BCUT2D eigenvalue weighted by molar-refractivity contribution is 9.08. The van der Waals surface area contributed by atoms with Crippen LogP contribution in [0.5, 0.6) is 0 Å². The molecule has 0 amide bonds. The molecule has 4 aromatic rings. The maximum absolute atomic E-state index is 4.75. The van der Waals surface area contributed by atoms with E-state index in [9.17, 15) is 0 Å². The van der Waals surface area contributed by atoms with E-state index in [0.29, 0.717) is 0 Å². The number of nitrogens with zero attached hydrogens (tertiary/aromatic N) is 1.